The maximum absolute atomic E-state index is 13.2. The molecule has 0 atom stereocenters. The van der Waals surface area contributed by atoms with Gasteiger partial charge in [-0.2, -0.15) is 18.2 Å². The molecule has 1 fully saturated rings. The molecule has 3 aromatic carbocycles. The Morgan fingerprint density at radius 3 is 2.53 bits per heavy atom. The summed E-state index contributed by atoms with van der Waals surface area (Å²) in [5.74, 6) is 0.354. The van der Waals surface area contributed by atoms with Gasteiger partial charge in [0.25, 0.3) is 11.5 Å². The highest BCUT2D eigenvalue weighted by Crippen LogP contribution is 2.31. The van der Waals surface area contributed by atoms with Gasteiger partial charge in [0, 0.05) is 35.1 Å². The Morgan fingerprint density at radius 2 is 1.76 bits per heavy atom. The Hall–Kier alpha value is -5.17. The van der Waals surface area contributed by atoms with E-state index < -0.39 is 17.6 Å². The largest absolute Gasteiger partial charge is 0.416 e. The number of anilines is 4. The van der Waals surface area contributed by atoms with Gasteiger partial charge in [-0.15, -0.1) is 0 Å². The fraction of sp³-hybridized carbons (Fsp3) is 0.250. The van der Waals surface area contributed by atoms with E-state index >= 15 is 0 Å². The zero-order valence-electron chi connectivity index (χ0n) is 24.3. The zero-order valence-corrected chi connectivity index (χ0v) is 24.3. The molecule has 0 radical (unpaired) electrons. The molecule has 1 amide bonds. The molecule has 6 N–H and O–H groups in total. The van der Waals surface area contributed by atoms with Crippen molar-refractivity contribution in [2.24, 2.45) is 5.73 Å². The summed E-state index contributed by atoms with van der Waals surface area (Å²) in [5, 5.41) is 9.34. The minimum absolute atomic E-state index is 0.124. The van der Waals surface area contributed by atoms with Gasteiger partial charge in [0.15, 0.2) is 0 Å². The molecule has 45 heavy (non-hydrogen) atoms. The molecule has 0 bridgehead atoms. The topological polar surface area (TPSA) is 143 Å². The van der Waals surface area contributed by atoms with Gasteiger partial charge in [-0.3, -0.25) is 14.6 Å². The average Bonchev–Trinajstić information content (AvgIpc) is 3.37. The van der Waals surface area contributed by atoms with Crippen molar-refractivity contribution in [3.63, 3.8) is 0 Å². The lowest BCUT2D eigenvalue weighted by atomic mass is 9.92. The number of nitrogens with two attached hydrogens (primary N) is 1. The monoisotopic (exact) mass is 616 g/mol. The molecule has 2 aromatic heterocycles. The molecule has 0 aliphatic heterocycles. The number of amides is 1. The van der Waals surface area contributed by atoms with Crippen molar-refractivity contribution in [2.45, 2.75) is 50.9 Å². The molecule has 1 aliphatic carbocycles. The van der Waals surface area contributed by atoms with Crippen molar-refractivity contribution in [2.75, 3.05) is 16.0 Å². The van der Waals surface area contributed by atoms with Crippen LogP contribution in [0.3, 0.4) is 0 Å². The van der Waals surface area contributed by atoms with Crippen molar-refractivity contribution in [3.05, 3.63) is 99.8 Å². The SMILES string of the molecule is Cc1ccc(NC(=O)c2cccc(C(F)(F)F)c2)cc1Nc1nc2ccccc2n1-c1nc(NC2CCC(N)CC2)cc(=O)[nH]1. The Labute approximate surface area is 255 Å². The van der Waals surface area contributed by atoms with E-state index in [4.69, 9.17) is 15.7 Å². The highest BCUT2D eigenvalue weighted by Gasteiger charge is 2.31. The lowest BCUT2D eigenvalue weighted by Crippen LogP contribution is -2.33. The Morgan fingerprint density at radius 1 is 0.978 bits per heavy atom. The van der Waals surface area contributed by atoms with Crippen LogP contribution in [0.1, 0.15) is 47.2 Å². The number of alkyl halides is 3. The normalized spacial score (nSPS) is 16.8. The van der Waals surface area contributed by atoms with Crippen molar-refractivity contribution in [3.8, 4) is 5.95 Å². The molecule has 5 aromatic rings. The summed E-state index contributed by atoms with van der Waals surface area (Å²) in [6.45, 7) is 1.86. The van der Waals surface area contributed by atoms with Crippen LogP contribution in [0.4, 0.5) is 36.3 Å². The first-order valence-electron chi connectivity index (χ1n) is 14.5. The van der Waals surface area contributed by atoms with Crippen LogP contribution in [0.5, 0.6) is 0 Å². The summed E-state index contributed by atoms with van der Waals surface area (Å²) < 4.78 is 41.2. The number of aromatic nitrogens is 4. The summed E-state index contributed by atoms with van der Waals surface area (Å²) in [5.41, 5.74) is 7.75. The van der Waals surface area contributed by atoms with Crippen LogP contribution in [-0.4, -0.2) is 37.5 Å². The number of aromatic amines is 1. The van der Waals surface area contributed by atoms with Gasteiger partial charge in [-0.1, -0.05) is 24.3 Å². The standard InChI is InChI=1S/C32H31F3N8O2/c1-18-9-12-23(38-29(45)19-5-4-6-20(15-19)32(33,34)35)16-25(18)40-30-39-24-7-2-3-8-26(24)43(30)31-41-27(17-28(44)42-31)37-22-13-10-21(36)11-14-22/h2-9,12,15-17,21-22H,10-11,13-14,36H2,1H3,(H,38,45)(H,39,40)(H2,37,41,42,44). The summed E-state index contributed by atoms with van der Waals surface area (Å²) in [6, 6.07) is 18.5. The predicted molar refractivity (Wildman–Crippen MR) is 167 cm³/mol. The maximum atomic E-state index is 13.2. The van der Waals surface area contributed by atoms with Crippen LogP contribution in [0.25, 0.3) is 17.0 Å². The third-order valence-electron chi connectivity index (χ3n) is 7.82. The number of rotatable bonds is 7. The van der Waals surface area contributed by atoms with Crippen molar-refractivity contribution in [1.29, 1.82) is 0 Å². The molecule has 0 unspecified atom stereocenters. The predicted octanol–water partition coefficient (Wildman–Crippen LogP) is 6.11. The molecule has 6 rings (SSSR count). The number of H-pyrrole nitrogens is 1. The average molecular weight is 617 g/mol. The summed E-state index contributed by atoms with van der Waals surface area (Å²) in [4.78, 5) is 37.9. The zero-order chi connectivity index (χ0) is 31.7. The smallest absolute Gasteiger partial charge is 0.367 e. The lowest BCUT2D eigenvalue weighted by Gasteiger charge is -2.27. The number of carbonyl (C=O) groups excluding carboxylic acids is 1. The maximum Gasteiger partial charge on any atom is 0.416 e. The van der Waals surface area contributed by atoms with Crippen LogP contribution in [0.2, 0.25) is 0 Å². The number of aryl methyl sites for hydroxylation is 1. The molecule has 232 valence electrons. The first kappa shape index (κ1) is 29.9. The highest BCUT2D eigenvalue weighted by atomic mass is 19.4. The Bertz CT molecular complexity index is 1930. The number of nitrogens with zero attached hydrogens (tertiary/aromatic N) is 3. The lowest BCUT2D eigenvalue weighted by molar-refractivity contribution is -0.137. The summed E-state index contributed by atoms with van der Waals surface area (Å²) in [7, 11) is 0. The molecule has 1 saturated carbocycles. The molecule has 13 heteroatoms. The molecular formula is C32H31F3N8O2. The third kappa shape index (κ3) is 6.68. The number of benzene rings is 3. The van der Waals surface area contributed by atoms with Gasteiger partial charge in [-0.25, -0.2) is 9.55 Å². The van der Waals surface area contributed by atoms with E-state index in [2.05, 4.69) is 20.9 Å². The van der Waals surface area contributed by atoms with Gasteiger partial charge in [-0.05, 0) is 80.6 Å². The molecule has 10 nitrogen and oxygen atoms in total. The first-order chi connectivity index (χ1) is 21.5. The fourth-order valence-corrected chi connectivity index (χ4v) is 5.42. The van der Waals surface area contributed by atoms with E-state index in [0.29, 0.717) is 34.2 Å². The van der Waals surface area contributed by atoms with E-state index in [1.165, 1.54) is 18.2 Å². The number of imidazole rings is 1. The van der Waals surface area contributed by atoms with Crippen molar-refractivity contribution >= 4 is 40.1 Å². The van der Waals surface area contributed by atoms with Crippen LogP contribution in [-0.2, 0) is 6.18 Å². The minimum Gasteiger partial charge on any atom is -0.367 e. The third-order valence-corrected chi connectivity index (χ3v) is 7.82. The van der Waals surface area contributed by atoms with Gasteiger partial charge in [0.2, 0.25) is 11.9 Å². The van der Waals surface area contributed by atoms with E-state index in [9.17, 15) is 22.8 Å². The fourth-order valence-electron chi connectivity index (χ4n) is 5.42. The van der Waals surface area contributed by atoms with Crippen LogP contribution >= 0.6 is 0 Å². The molecule has 0 spiro atoms. The Balaban J connectivity index is 1.31. The number of carbonyl (C=O) groups is 1. The summed E-state index contributed by atoms with van der Waals surface area (Å²) in [6.07, 6.45) is -1.02. The second kappa shape index (κ2) is 12.1. The second-order valence-electron chi connectivity index (χ2n) is 11.2. The quantitative estimate of drug-likeness (QED) is 0.148. The van der Waals surface area contributed by atoms with E-state index in [-0.39, 0.29) is 29.2 Å². The van der Waals surface area contributed by atoms with Crippen LogP contribution in [0.15, 0.2) is 77.6 Å². The van der Waals surface area contributed by atoms with Gasteiger partial charge in [0.05, 0.1) is 16.6 Å². The summed E-state index contributed by atoms with van der Waals surface area (Å²) >= 11 is 0. The highest BCUT2D eigenvalue weighted by molar-refractivity contribution is 6.04. The minimum atomic E-state index is -4.57. The van der Waals surface area contributed by atoms with Gasteiger partial charge in [0.1, 0.15) is 5.82 Å². The van der Waals surface area contributed by atoms with Gasteiger partial charge >= 0.3 is 6.18 Å². The molecule has 1 aliphatic rings. The molecule has 2 heterocycles. The number of fused-ring (bicyclic) bond motifs is 1. The van der Waals surface area contributed by atoms with Gasteiger partial charge < -0.3 is 21.7 Å². The van der Waals surface area contributed by atoms with E-state index in [1.807, 2.05) is 31.2 Å². The number of nitrogens with one attached hydrogen (secondary N) is 4. The second-order valence-corrected chi connectivity index (χ2v) is 11.2. The number of hydrogen-bond acceptors (Lipinski definition) is 7. The number of halogens is 3. The number of hydrogen-bond donors (Lipinski definition) is 5. The Kier molecular flexibility index (Phi) is 8.02. The number of para-hydroxylation sites is 2. The molecular weight excluding hydrogens is 585 g/mol. The first-order valence-corrected chi connectivity index (χ1v) is 14.5. The van der Waals surface area contributed by atoms with E-state index in [1.54, 1.807) is 22.8 Å². The van der Waals surface area contributed by atoms with Crippen LogP contribution in [0, 0.1) is 6.92 Å². The van der Waals surface area contributed by atoms with Crippen molar-refractivity contribution < 1.29 is 18.0 Å². The van der Waals surface area contributed by atoms with E-state index in [0.717, 1.165) is 43.4 Å². The molecule has 0 saturated heterocycles. The van der Waals surface area contributed by atoms with Crippen LogP contribution < -0.4 is 27.2 Å². The van der Waals surface area contributed by atoms with Crippen molar-refractivity contribution in [1.82, 2.24) is 19.5 Å².